The normalized spacial score (nSPS) is 13.1. The molecule has 0 bridgehead atoms. The fraction of sp³-hybridized carbons (Fsp3) is 0.500. The van der Waals surface area contributed by atoms with E-state index in [9.17, 15) is 0 Å². The Morgan fingerprint density at radius 1 is 1.35 bits per heavy atom. The zero-order valence-electron chi connectivity index (χ0n) is 10.6. The van der Waals surface area contributed by atoms with Crippen molar-refractivity contribution in [2.75, 3.05) is 0 Å². The van der Waals surface area contributed by atoms with Crippen LogP contribution in [-0.2, 0) is 0 Å². The lowest BCUT2D eigenvalue weighted by Gasteiger charge is -2.13. The number of unbranched alkanes of at least 4 members (excludes halogenated alkanes) is 1. The molecule has 1 atom stereocenters. The Balaban J connectivity index is 2.05. The van der Waals surface area contributed by atoms with Crippen LogP contribution in [0.5, 0.6) is 0 Å². The number of fused-ring (bicyclic) bond motifs is 1. The van der Waals surface area contributed by atoms with Crippen LogP contribution in [0.15, 0.2) is 35.6 Å². The van der Waals surface area contributed by atoms with Gasteiger partial charge in [-0.15, -0.1) is 11.8 Å². The zero-order chi connectivity index (χ0) is 12.1. The molecule has 0 aromatic carbocycles. The molecule has 0 aliphatic rings. The molecule has 0 aliphatic heterocycles. The van der Waals surface area contributed by atoms with Crippen LogP contribution in [0.1, 0.15) is 39.5 Å². The van der Waals surface area contributed by atoms with E-state index in [0.717, 1.165) is 10.9 Å². The Morgan fingerprint density at radius 3 is 3.00 bits per heavy atom. The molecule has 0 fully saturated rings. The maximum Gasteiger partial charge on any atom is 0.136 e. The highest BCUT2D eigenvalue weighted by atomic mass is 32.2. The molecule has 2 rings (SSSR count). The highest BCUT2D eigenvalue weighted by Gasteiger charge is 2.08. The first-order valence-corrected chi connectivity index (χ1v) is 7.30. The monoisotopic (exact) mass is 248 g/mol. The minimum atomic E-state index is 0.746. The molecule has 2 aromatic rings. The third-order valence-electron chi connectivity index (χ3n) is 3.00. The lowest BCUT2D eigenvalue weighted by atomic mass is 10.2. The molecule has 92 valence electrons. The fourth-order valence-electron chi connectivity index (χ4n) is 1.94. The topological polar surface area (TPSA) is 17.3 Å². The average Bonchev–Trinajstić information content (AvgIpc) is 2.81. The van der Waals surface area contributed by atoms with Crippen molar-refractivity contribution in [2.45, 2.75) is 49.7 Å². The van der Waals surface area contributed by atoms with Crippen LogP contribution in [0.2, 0.25) is 0 Å². The summed E-state index contributed by atoms with van der Waals surface area (Å²) < 4.78 is 2.09. The van der Waals surface area contributed by atoms with Gasteiger partial charge >= 0.3 is 0 Å². The molecular weight excluding hydrogens is 228 g/mol. The van der Waals surface area contributed by atoms with Gasteiger partial charge in [-0.2, -0.15) is 0 Å². The van der Waals surface area contributed by atoms with E-state index >= 15 is 0 Å². The molecule has 2 heterocycles. The molecule has 2 nitrogen and oxygen atoms in total. The number of rotatable bonds is 6. The molecule has 0 spiro atoms. The van der Waals surface area contributed by atoms with E-state index in [0.29, 0.717) is 0 Å². The molecule has 2 aromatic heterocycles. The number of hydrogen-bond donors (Lipinski definition) is 0. The van der Waals surface area contributed by atoms with Crippen molar-refractivity contribution in [3.63, 3.8) is 0 Å². The van der Waals surface area contributed by atoms with Crippen LogP contribution in [0, 0.1) is 0 Å². The summed E-state index contributed by atoms with van der Waals surface area (Å²) in [5.74, 6) is 0. The van der Waals surface area contributed by atoms with E-state index in [4.69, 9.17) is 0 Å². The molecule has 0 N–H and O–H groups in total. The van der Waals surface area contributed by atoms with Crippen molar-refractivity contribution < 1.29 is 0 Å². The number of aromatic nitrogens is 2. The van der Waals surface area contributed by atoms with Crippen molar-refractivity contribution in [3.8, 4) is 0 Å². The number of pyridine rings is 1. The minimum Gasteiger partial charge on any atom is -0.306 e. The smallest absolute Gasteiger partial charge is 0.136 e. The standard InChI is InChI=1S/C14H20N2S/c1-3-5-6-12(4-2)17-13-7-8-14-15-9-10-16(14)11-13/h7-12H,3-6H2,1-2H3. The second-order valence-corrected chi connectivity index (χ2v) is 5.72. The summed E-state index contributed by atoms with van der Waals surface area (Å²) in [5.41, 5.74) is 1.02. The zero-order valence-corrected chi connectivity index (χ0v) is 11.4. The van der Waals surface area contributed by atoms with Crippen molar-refractivity contribution >= 4 is 17.4 Å². The third kappa shape index (κ3) is 3.25. The number of nitrogens with zero attached hydrogens (tertiary/aromatic N) is 2. The molecule has 0 saturated carbocycles. The second-order valence-electron chi connectivity index (χ2n) is 4.35. The summed E-state index contributed by atoms with van der Waals surface area (Å²) in [6.07, 6.45) is 11.2. The molecule has 0 aliphatic carbocycles. The molecule has 17 heavy (non-hydrogen) atoms. The van der Waals surface area contributed by atoms with Crippen molar-refractivity contribution in [3.05, 3.63) is 30.7 Å². The van der Waals surface area contributed by atoms with Crippen LogP contribution in [0.3, 0.4) is 0 Å². The SMILES string of the molecule is CCCCC(CC)Sc1ccc2nccn2c1. The van der Waals surface area contributed by atoms with Gasteiger partial charge in [0.15, 0.2) is 0 Å². The van der Waals surface area contributed by atoms with Gasteiger partial charge in [0, 0.05) is 28.7 Å². The van der Waals surface area contributed by atoms with E-state index in [2.05, 4.69) is 41.6 Å². The van der Waals surface area contributed by atoms with E-state index < -0.39 is 0 Å². The van der Waals surface area contributed by atoms with Gasteiger partial charge < -0.3 is 4.40 Å². The Hall–Kier alpha value is -0.960. The predicted molar refractivity (Wildman–Crippen MR) is 74.7 cm³/mol. The summed E-state index contributed by atoms with van der Waals surface area (Å²) in [4.78, 5) is 5.61. The average molecular weight is 248 g/mol. The Bertz CT molecular complexity index is 464. The quantitative estimate of drug-likeness (QED) is 0.705. The fourth-order valence-corrected chi connectivity index (χ4v) is 3.10. The van der Waals surface area contributed by atoms with Crippen molar-refractivity contribution in [2.24, 2.45) is 0 Å². The van der Waals surface area contributed by atoms with Crippen LogP contribution in [0.25, 0.3) is 5.65 Å². The second kappa shape index (κ2) is 6.10. The molecule has 0 radical (unpaired) electrons. The molecule has 3 heteroatoms. The predicted octanol–water partition coefficient (Wildman–Crippen LogP) is 4.40. The Kier molecular flexibility index (Phi) is 4.49. The number of thioether (sulfide) groups is 1. The third-order valence-corrected chi connectivity index (χ3v) is 4.42. The largest absolute Gasteiger partial charge is 0.306 e. The van der Waals surface area contributed by atoms with E-state index in [1.165, 1.54) is 30.6 Å². The van der Waals surface area contributed by atoms with Gasteiger partial charge in [0.25, 0.3) is 0 Å². The number of hydrogen-bond acceptors (Lipinski definition) is 2. The molecular formula is C14H20N2S. The van der Waals surface area contributed by atoms with E-state index in [-0.39, 0.29) is 0 Å². The molecule has 1 unspecified atom stereocenters. The number of imidazole rings is 1. The lowest BCUT2D eigenvalue weighted by Crippen LogP contribution is -2.00. The highest BCUT2D eigenvalue weighted by Crippen LogP contribution is 2.28. The van der Waals surface area contributed by atoms with Crippen LogP contribution < -0.4 is 0 Å². The van der Waals surface area contributed by atoms with E-state index in [1.807, 2.05) is 24.2 Å². The Morgan fingerprint density at radius 2 is 2.24 bits per heavy atom. The molecule has 0 amide bonds. The maximum atomic E-state index is 4.26. The highest BCUT2D eigenvalue weighted by molar-refractivity contribution is 8.00. The summed E-state index contributed by atoms with van der Waals surface area (Å²) in [7, 11) is 0. The van der Waals surface area contributed by atoms with Gasteiger partial charge in [0.05, 0.1) is 0 Å². The van der Waals surface area contributed by atoms with Gasteiger partial charge in [-0.05, 0) is 25.0 Å². The van der Waals surface area contributed by atoms with Gasteiger partial charge in [0.2, 0.25) is 0 Å². The van der Waals surface area contributed by atoms with E-state index in [1.54, 1.807) is 0 Å². The summed E-state index contributed by atoms with van der Waals surface area (Å²) in [6, 6.07) is 4.27. The summed E-state index contributed by atoms with van der Waals surface area (Å²) in [6.45, 7) is 4.54. The van der Waals surface area contributed by atoms with Gasteiger partial charge in [-0.1, -0.05) is 26.7 Å². The van der Waals surface area contributed by atoms with Crippen molar-refractivity contribution in [1.29, 1.82) is 0 Å². The van der Waals surface area contributed by atoms with Crippen molar-refractivity contribution in [1.82, 2.24) is 9.38 Å². The van der Waals surface area contributed by atoms with Gasteiger partial charge in [0.1, 0.15) is 5.65 Å². The summed E-state index contributed by atoms with van der Waals surface area (Å²) >= 11 is 2.00. The van der Waals surface area contributed by atoms with Crippen LogP contribution in [0.4, 0.5) is 0 Å². The Labute approximate surface area is 107 Å². The minimum absolute atomic E-state index is 0.746. The summed E-state index contributed by atoms with van der Waals surface area (Å²) in [5, 5.41) is 0.746. The first-order valence-electron chi connectivity index (χ1n) is 6.43. The van der Waals surface area contributed by atoms with Gasteiger partial charge in [-0.25, -0.2) is 4.98 Å². The van der Waals surface area contributed by atoms with Crippen LogP contribution >= 0.6 is 11.8 Å². The van der Waals surface area contributed by atoms with Crippen LogP contribution in [-0.4, -0.2) is 14.6 Å². The first kappa shape index (κ1) is 12.5. The van der Waals surface area contributed by atoms with Gasteiger partial charge in [-0.3, -0.25) is 0 Å². The first-order chi connectivity index (χ1) is 8.33. The maximum absolute atomic E-state index is 4.26. The lowest BCUT2D eigenvalue weighted by molar-refractivity contribution is 0.670. The molecule has 0 saturated heterocycles.